The summed E-state index contributed by atoms with van der Waals surface area (Å²) in [6.45, 7) is 3.85. The molecule has 0 bridgehead atoms. The van der Waals surface area contributed by atoms with Crippen LogP contribution in [0.4, 0.5) is 4.39 Å². The maximum absolute atomic E-state index is 13.3. The molecule has 0 aromatic heterocycles. The predicted molar refractivity (Wildman–Crippen MR) is 69.6 cm³/mol. The molecule has 3 N–H and O–H groups in total. The normalized spacial score (nSPS) is 18.3. The van der Waals surface area contributed by atoms with Crippen molar-refractivity contribution in [3.63, 3.8) is 0 Å². The number of hydrogen-bond donors (Lipinski definition) is 2. The molecular formula is C13H18FN3O2. The number of halogens is 1. The van der Waals surface area contributed by atoms with Crippen LogP contribution in [0.5, 0.6) is 0 Å². The zero-order chi connectivity index (χ0) is 13.7. The molecule has 104 valence electrons. The lowest BCUT2D eigenvalue weighted by atomic mass is 10.1. The molecule has 6 heteroatoms. The molecule has 1 aliphatic heterocycles. The van der Waals surface area contributed by atoms with E-state index in [1.165, 1.54) is 12.1 Å². The Hall–Kier alpha value is -1.66. The van der Waals surface area contributed by atoms with Crippen LogP contribution in [0, 0.1) is 5.82 Å². The summed E-state index contributed by atoms with van der Waals surface area (Å²) in [5.41, 5.74) is 6.87. The van der Waals surface area contributed by atoms with E-state index < -0.39 is 5.82 Å². The highest BCUT2D eigenvalue weighted by Gasteiger charge is 2.14. The molecule has 2 rings (SSSR count). The number of ether oxygens (including phenoxy) is 1. The highest BCUT2D eigenvalue weighted by atomic mass is 19.1. The van der Waals surface area contributed by atoms with Crippen LogP contribution in [0.1, 0.15) is 17.5 Å². The van der Waals surface area contributed by atoms with Crippen LogP contribution < -0.4 is 5.73 Å². The van der Waals surface area contributed by atoms with Gasteiger partial charge in [-0.2, -0.15) is 0 Å². The van der Waals surface area contributed by atoms with Crippen molar-refractivity contribution in [2.75, 3.05) is 26.3 Å². The standard InChI is InChI=1S/C13H18FN3O2/c14-11-3-2-10(12(8-11)13(15)16-18)9-17-4-1-6-19-7-5-17/h2-3,8,18H,1,4-7,9H2,(H2,15,16). The van der Waals surface area contributed by atoms with Crippen molar-refractivity contribution in [2.24, 2.45) is 10.9 Å². The first kappa shape index (κ1) is 13.8. The molecule has 1 aliphatic rings. The fraction of sp³-hybridized carbons (Fsp3) is 0.462. The third-order valence-corrected chi connectivity index (χ3v) is 3.16. The average Bonchev–Trinajstić information content (AvgIpc) is 2.68. The van der Waals surface area contributed by atoms with Crippen LogP contribution in [-0.2, 0) is 11.3 Å². The van der Waals surface area contributed by atoms with Gasteiger partial charge in [0.1, 0.15) is 5.82 Å². The van der Waals surface area contributed by atoms with Crippen molar-refractivity contribution in [3.8, 4) is 0 Å². The van der Waals surface area contributed by atoms with Gasteiger partial charge >= 0.3 is 0 Å². The lowest BCUT2D eigenvalue weighted by Crippen LogP contribution is -2.27. The van der Waals surface area contributed by atoms with E-state index in [0.717, 1.165) is 31.7 Å². The van der Waals surface area contributed by atoms with Gasteiger partial charge in [0.05, 0.1) is 6.61 Å². The minimum atomic E-state index is -0.399. The Morgan fingerprint density at radius 3 is 3.05 bits per heavy atom. The second-order valence-corrected chi connectivity index (χ2v) is 4.53. The van der Waals surface area contributed by atoms with Crippen molar-refractivity contribution in [2.45, 2.75) is 13.0 Å². The molecule has 0 radical (unpaired) electrons. The smallest absolute Gasteiger partial charge is 0.170 e. The second kappa shape index (κ2) is 6.49. The third kappa shape index (κ3) is 3.65. The maximum atomic E-state index is 13.3. The monoisotopic (exact) mass is 267 g/mol. The highest BCUT2D eigenvalue weighted by molar-refractivity contribution is 5.98. The van der Waals surface area contributed by atoms with Crippen molar-refractivity contribution in [1.82, 2.24) is 4.90 Å². The molecule has 19 heavy (non-hydrogen) atoms. The summed E-state index contributed by atoms with van der Waals surface area (Å²) >= 11 is 0. The molecule has 0 unspecified atom stereocenters. The quantitative estimate of drug-likeness (QED) is 0.373. The summed E-state index contributed by atoms with van der Waals surface area (Å²) in [7, 11) is 0. The number of rotatable bonds is 3. The first-order chi connectivity index (χ1) is 9.20. The summed E-state index contributed by atoms with van der Waals surface area (Å²) in [5.74, 6) is -0.467. The van der Waals surface area contributed by atoms with Gasteiger partial charge in [0.2, 0.25) is 0 Å². The first-order valence-electron chi connectivity index (χ1n) is 6.27. The lowest BCUT2D eigenvalue weighted by Gasteiger charge is -2.20. The molecule has 5 nitrogen and oxygen atoms in total. The summed E-state index contributed by atoms with van der Waals surface area (Å²) in [5, 5.41) is 11.7. The van der Waals surface area contributed by atoms with E-state index >= 15 is 0 Å². The van der Waals surface area contributed by atoms with Gasteiger partial charge in [0, 0.05) is 31.8 Å². The minimum absolute atomic E-state index is 0.0689. The van der Waals surface area contributed by atoms with Gasteiger partial charge in [0.25, 0.3) is 0 Å². The molecule has 1 fully saturated rings. The van der Waals surface area contributed by atoms with E-state index in [1.54, 1.807) is 6.07 Å². The Balaban J connectivity index is 2.18. The maximum Gasteiger partial charge on any atom is 0.170 e. The molecule has 1 saturated heterocycles. The van der Waals surface area contributed by atoms with E-state index in [-0.39, 0.29) is 5.84 Å². The molecular weight excluding hydrogens is 249 g/mol. The summed E-state index contributed by atoms with van der Waals surface area (Å²) < 4.78 is 18.7. The number of amidine groups is 1. The van der Waals surface area contributed by atoms with E-state index in [0.29, 0.717) is 18.7 Å². The van der Waals surface area contributed by atoms with Gasteiger partial charge < -0.3 is 15.7 Å². The van der Waals surface area contributed by atoms with E-state index in [2.05, 4.69) is 10.1 Å². The predicted octanol–water partition coefficient (Wildman–Crippen LogP) is 1.14. The number of nitrogens with zero attached hydrogens (tertiary/aromatic N) is 2. The van der Waals surface area contributed by atoms with Gasteiger partial charge in [-0.25, -0.2) is 4.39 Å². The van der Waals surface area contributed by atoms with Crippen LogP contribution in [0.3, 0.4) is 0 Å². The van der Waals surface area contributed by atoms with Crippen molar-refractivity contribution in [3.05, 3.63) is 35.1 Å². The Bertz CT molecular complexity index is 457. The zero-order valence-electron chi connectivity index (χ0n) is 10.7. The van der Waals surface area contributed by atoms with Crippen LogP contribution in [0.2, 0.25) is 0 Å². The molecule has 1 aromatic rings. The van der Waals surface area contributed by atoms with Gasteiger partial charge in [-0.1, -0.05) is 11.2 Å². The van der Waals surface area contributed by atoms with E-state index in [1.807, 2.05) is 0 Å². The number of nitrogens with two attached hydrogens (primary N) is 1. The summed E-state index contributed by atoms with van der Waals surface area (Å²) in [4.78, 5) is 2.22. The topological polar surface area (TPSA) is 71.1 Å². The lowest BCUT2D eigenvalue weighted by molar-refractivity contribution is 0.140. The van der Waals surface area contributed by atoms with Crippen molar-refractivity contribution < 1.29 is 14.3 Å². The zero-order valence-corrected chi connectivity index (χ0v) is 10.7. The summed E-state index contributed by atoms with van der Waals surface area (Å²) in [6, 6.07) is 4.35. The Morgan fingerprint density at radius 2 is 2.26 bits per heavy atom. The van der Waals surface area contributed by atoms with Crippen molar-refractivity contribution in [1.29, 1.82) is 0 Å². The van der Waals surface area contributed by atoms with Crippen LogP contribution >= 0.6 is 0 Å². The fourth-order valence-corrected chi connectivity index (χ4v) is 2.18. The number of benzene rings is 1. The van der Waals surface area contributed by atoms with Crippen molar-refractivity contribution >= 4 is 5.84 Å². The Morgan fingerprint density at radius 1 is 1.42 bits per heavy atom. The second-order valence-electron chi connectivity index (χ2n) is 4.53. The molecule has 0 saturated carbocycles. The SMILES string of the molecule is N/C(=N/O)c1cc(F)ccc1CN1CCCOCC1. The third-order valence-electron chi connectivity index (χ3n) is 3.16. The molecule has 0 spiro atoms. The van der Waals surface area contributed by atoms with Gasteiger partial charge in [-0.05, 0) is 24.1 Å². The fourth-order valence-electron chi connectivity index (χ4n) is 2.18. The van der Waals surface area contributed by atoms with E-state index in [4.69, 9.17) is 15.7 Å². The van der Waals surface area contributed by atoms with Crippen LogP contribution in [0.15, 0.2) is 23.4 Å². The number of hydrogen-bond acceptors (Lipinski definition) is 4. The molecule has 1 heterocycles. The molecule has 0 atom stereocenters. The highest BCUT2D eigenvalue weighted by Crippen LogP contribution is 2.15. The molecule has 0 amide bonds. The van der Waals surface area contributed by atoms with Gasteiger partial charge in [-0.3, -0.25) is 4.90 Å². The number of oxime groups is 1. The summed E-state index contributed by atoms with van der Waals surface area (Å²) in [6.07, 6.45) is 0.972. The largest absolute Gasteiger partial charge is 0.409 e. The minimum Gasteiger partial charge on any atom is -0.409 e. The van der Waals surface area contributed by atoms with E-state index in [9.17, 15) is 4.39 Å². The van der Waals surface area contributed by atoms with Crippen LogP contribution in [-0.4, -0.2) is 42.2 Å². The van der Waals surface area contributed by atoms with Crippen LogP contribution in [0.25, 0.3) is 0 Å². The van der Waals surface area contributed by atoms with Gasteiger partial charge in [0.15, 0.2) is 5.84 Å². The Labute approximate surface area is 111 Å². The molecule has 0 aliphatic carbocycles. The Kier molecular flexibility index (Phi) is 4.70. The van der Waals surface area contributed by atoms with Gasteiger partial charge in [-0.15, -0.1) is 0 Å². The molecule has 1 aromatic carbocycles. The first-order valence-corrected chi connectivity index (χ1v) is 6.27. The average molecular weight is 267 g/mol.